The Balaban J connectivity index is 0.000000105. The molecular weight excluding hydrogens is 1800 g/mol. The lowest BCUT2D eigenvalue weighted by molar-refractivity contribution is 0.669. The zero-order valence-electron chi connectivity index (χ0n) is 81.2. The molecule has 0 aliphatic carbocycles. The van der Waals surface area contributed by atoms with Crippen molar-refractivity contribution in [1.29, 1.82) is 0 Å². The lowest BCUT2D eigenvalue weighted by Crippen LogP contribution is -1.91. The van der Waals surface area contributed by atoms with Crippen molar-refractivity contribution in [2.45, 2.75) is 0 Å². The number of benzene rings is 28. The average Bonchev–Trinajstić information content (AvgIpc) is 1.74. The first-order chi connectivity index (χ1) is 73.8. The van der Waals surface area contributed by atoms with Crippen LogP contribution in [0.25, 0.3) is 307 Å². The van der Waals surface area contributed by atoms with Gasteiger partial charge in [0.15, 0.2) is 0 Å². The topological polar surface area (TPSA) is 39.4 Å². The van der Waals surface area contributed by atoms with E-state index in [1.165, 1.54) is 241 Å². The highest BCUT2D eigenvalue weighted by molar-refractivity contribution is 6.27. The van der Waals surface area contributed by atoms with Crippen LogP contribution in [0.15, 0.2) is 559 Å². The van der Waals surface area contributed by atoms with Gasteiger partial charge >= 0.3 is 0 Å². The van der Waals surface area contributed by atoms with Crippen LogP contribution in [0.5, 0.6) is 0 Å². The van der Waals surface area contributed by atoms with Crippen molar-refractivity contribution >= 4 is 184 Å². The average molecular weight is 1890 g/mol. The molecule has 3 aromatic heterocycles. The van der Waals surface area contributed by atoms with Gasteiger partial charge in [-0.2, -0.15) is 0 Å². The van der Waals surface area contributed by atoms with Crippen LogP contribution in [-0.2, 0) is 0 Å². The molecule has 0 saturated heterocycles. The van der Waals surface area contributed by atoms with Gasteiger partial charge in [-0.1, -0.05) is 461 Å². The van der Waals surface area contributed by atoms with Crippen molar-refractivity contribution in [2.75, 3.05) is 0 Å². The number of fused-ring (bicyclic) bond motifs is 20. The molecule has 3 heteroatoms. The lowest BCUT2D eigenvalue weighted by atomic mass is 9.84. The van der Waals surface area contributed by atoms with Crippen LogP contribution >= 0.6 is 0 Å². The van der Waals surface area contributed by atoms with Crippen LogP contribution in [-0.4, -0.2) is 0 Å². The van der Waals surface area contributed by atoms with Gasteiger partial charge in [0.2, 0.25) is 0 Å². The van der Waals surface area contributed by atoms with Crippen molar-refractivity contribution in [3.8, 4) is 122 Å². The van der Waals surface area contributed by atoms with Crippen LogP contribution in [0.3, 0.4) is 0 Å². The van der Waals surface area contributed by atoms with Gasteiger partial charge in [0.25, 0.3) is 0 Å². The summed E-state index contributed by atoms with van der Waals surface area (Å²) in [6, 6.07) is 198. The summed E-state index contributed by atoms with van der Waals surface area (Å²) in [5.41, 5.74) is 32.5. The molecule has 692 valence electrons. The summed E-state index contributed by atoms with van der Waals surface area (Å²) in [5.74, 6) is 0. The predicted octanol–water partition coefficient (Wildman–Crippen LogP) is 41.8. The molecule has 31 rings (SSSR count). The van der Waals surface area contributed by atoms with E-state index >= 15 is 0 Å². The molecule has 0 amide bonds. The van der Waals surface area contributed by atoms with E-state index < -0.39 is 0 Å². The molecule has 0 bridgehead atoms. The van der Waals surface area contributed by atoms with Gasteiger partial charge in [0, 0.05) is 32.3 Å². The molecule has 149 heavy (non-hydrogen) atoms. The second-order valence-corrected chi connectivity index (χ2v) is 39.4. The quantitative estimate of drug-likeness (QED) is 0.121. The van der Waals surface area contributed by atoms with Gasteiger partial charge in [-0.15, -0.1) is 0 Å². The highest BCUT2D eigenvalue weighted by atomic mass is 16.3. The maximum Gasteiger partial charge on any atom is 0.136 e. The van der Waals surface area contributed by atoms with Gasteiger partial charge in [-0.3, -0.25) is 0 Å². The lowest BCUT2D eigenvalue weighted by Gasteiger charge is -2.19. The van der Waals surface area contributed by atoms with E-state index in [1.807, 2.05) is 0 Å². The Bertz CT molecular complexity index is 10700. The van der Waals surface area contributed by atoms with Crippen LogP contribution < -0.4 is 0 Å². The van der Waals surface area contributed by atoms with Crippen LogP contribution in [0.1, 0.15) is 0 Å². The van der Waals surface area contributed by atoms with E-state index in [9.17, 15) is 0 Å². The molecule has 0 fully saturated rings. The third-order valence-corrected chi connectivity index (χ3v) is 30.9. The summed E-state index contributed by atoms with van der Waals surface area (Å²) in [7, 11) is 0. The summed E-state index contributed by atoms with van der Waals surface area (Å²) in [4.78, 5) is 0. The fraction of sp³-hybridized carbons (Fsp3) is 0. The van der Waals surface area contributed by atoms with Gasteiger partial charge < -0.3 is 13.3 Å². The van der Waals surface area contributed by atoms with Crippen LogP contribution in [0.2, 0.25) is 0 Å². The fourth-order valence-corrected chi connectivity index (χ4v) is 23.8. The zero-order chi connectivity index (χ0) is 98.1. The van der Waals surface area contributed by atoms with E-state index in [2.05, 4.69) is 546 Å². The van der Waals surface area contributed by atoms with Crippen molar-refractivity contribution < 1.29 is 13.3 Å². The normalized spacial score (nSPS) is 11.8. The summed E-state index contributed by atoms with van der Waals surface area (Å²) in [6.07, 6.45) is 0. The second kappa shape index (κ2) is 35.8. The molecule has 0 N–H and O–H groups in total. The molecule has 0 aliphatic rings. The van der Waals surface area contributed by atoms with Gasteiger partial charge in [0.05, 0.1) is 0 Å². The maximum absolute atomic E-state index is 6.29. The number of furan rings is 3. The van der Waals surface area contributed by atoms with Crippen molar-refractivity contribution in [3.05, 3.63) is 546 Å². The van der Waals surface area contributed by atoms with Gasteiger partial charge in [-0.05, 0) is 326 Å². The Morgan fingerprint density at radius 1 is 0.0872 bits per heavy atom. The third kappa shape index (κ3) is 15.0. The van der Waals surface area contributed by atoms with E-state index in [0.717, 1.165) is 65.8 Å². The molecule has 0 unspecified atom stereocenters. The first-order valence-corrected chi connectivity index (χ1v) is 51.3. The Morgan fingerprint density at radius 3 is 0.638 bits per heavy atom. The highest BCUT2D eigenvalue weighted by Gasteiger charge is 2.25. The van der Waals surface area contributed by atoms with Crippen LogP contribution in [0, 0.1) is 0 Å². The molecule has 0 radical (unpaired) electrons. The van der Waals surface area contributed by atoms with E-state index in [-0.39, 0.29) is 0 Å². The minimum absolute atomic E-state index is 0.914. The molecular formula is C146H90O3. The van der Waals surface area contributed by atoms with E-state index in [4.69, 9.17) is 13.3 Å². The molecule has 31 aromatic rings. The number of rotatable bonds is 11. The second-order valence-electron chi connectivity index (χ2n) is 39.4. The fourth-order valence-electron chi connectivity index (χ4n) is 23.8. The Kier molecular flexibility index (Phi) is 20.7. The van der Waals surface area contributed by atoms with E-state index in [0.29, 0.717) is 0 Å². The smallest absolute Gasteiger partial charge is 0.136 e. The standard InChI is InChI=1S/C52H32O.C48H30O.C46H28O/c1-2-10-38-29-41(26-21-33(38)9-1)34-17-22-36(23-18-34)51-43-13-5-7-15-45(43)52(46-16-8-6-14-44(46)51)37-24-19-35(20-25-37)42-27-28-49-47(31-42)48-30-39-11-3-4-12-40(39)32-50(48)53-49;1-2-11-31(12-3-1)34-15-10-16-38(27-34)48-41-19-8-6-17-39(41)47(40-18-7-9-20-42(40)48)33-23-21-32(22-24-33)37-25-26-45-43(29-37)44-28-35-13-4-5-14-36(35)30-46(44)49-45;1-2-12-33-28-44-42(26-32(33)11-1)41-27-34(24-25-43(41)47-44)29-20-22-31(23-21-29)45-37-15-5-7-17-39(37)46(40-18-8-6-16-38(40)45)36-19-9-13-30-10-3-4-14-35(30)36/h1-32H;1-30H;1-28H. The Morgan fingerprint density at radius 2 is 0.295 bits per heavy atom. The minimum atomic E-state index is 0.914. The summed E-state index contributed by atoms with van der Waals surface area (Å²) >= 11 is 0. The number of hydrogen-bond donors (Lipinski definition) is 0. The summed E-state index contributed by atoms with van der Waals surface area (Å²) in [5, 5.41) is 34.3. The minimum Gasteiger partial charge on any atom is -0.456 e. The molecule has 3 heterocycles. The zero-order valence-corrected chi connectivity index (χ0v) is 81.2. The molecule has 3 nitrogen and oxygen atoms in total. The Hall–Kier alpha value is -19.6. The van der Waals surface area contributed by atoms with Crippen molar-refractivity contribution in [1.82, 2.24) is 0 Å². The third-order valence-electron chi connectivity index (χ3n) is 30.9. The van der Waals surface area contributed by atoms with Crippen molar-refractivity contribution in [3.63, 3.8) is 0 Å². The monoisotopic (exact) mass is 1890 g/mol. The molecule has 0 atom stereocenters. The summed E-state index contributed by atoms with van der Waals surface area (Å²) in [6.45, 7) is 0. The molecule has 0 spiro atoms. The molecule has 0 saturated carbocycles. The van der Waals surface area contributed by atoms with Gasteiger partial charge in [0.1, 0.15) is 33.5 Å². The molecule has 28 aromatic carbocycles. The number of hydrogen-bond acceptors (Lipinski definition) is 3. The van der Waals surface area contributed by atoms with E-state index in [1.54, 1.807) is 0 Å². The van der Waals surface area contributed by atoms with Crippen LogP contribution in [0.4, 0.5) is 0 Å². The Labute approximate surface area is 859 Å². The van der Waals surface area contributed by atoms with Gasteiger partial charge in [-0.25, -0.2) is 0 Å². The largest absolute Gasteiger partial charge is 0.456 e. The first-order valence-electron chi connectivity index (χ1n) is 51.3. The molecule has 0 aliphatic heterocycles. The predicted molar refractivity (Wildman–Crippen MR) is 634 cm³/mol. The van der Waals surface area contributed by atoms with Crippen molar-refractivity contribution in [2.24, 2.45) is 0 Å². The maximum atomic E-state index is 6.29. The first kappa shape index (κ1) is 86.1. The highest BCUT2D eigenvalue weighted by Crippen LogP contribution is 2.52. The summed E-state index contributed by atoms with van der Waals surface area (Å²) < 4.78 is 18.8. The SMILES string of the molecule is c1ccc(-c2cccc(-c3c4ccccc4c(-c4ccc(-c5ccc6oc7cc8ccccc8cc7c6c5)cc4)c4ccccc34)c2)cc1.c1ccc2cc(-c3ccc(-c4c5ccccc5c(-c5ccc(-c6ccc7oc8cc9ccccc9cc8c7c6)cc5)c5ccccc45)cc3)ccc2c1.c1ccc2cc3c(cc2c1)oc1ccc(-c2ccc(-c4c5ccccc5c(-c5cccc6ccccc56)c5ccccc45)cc2)cc13.